The van der Waals surface area contributed by atoms with Crippen LogP contribution < -0.4 is 18.9 Å². The number of ether oxygens (including phenoxy) is 4. The van der Waals surface area contributed by atoms with Gasteiger partial charge in [0.05, 0.1) is 27.8 Å². The molecule has 5 nitrogen and oxygen atoms in total. The molecule has 0 heterocycles. The SMILES string of the molecule is COc1ccc(OC(=O)CCc2cc(OC)c(OC)cc2Br)cc1. The lowest BCUT2D eigenvalue weighted by Crippen LogP contribution is -2.09. The minimum Gasteiger partial charge on any atom is -0.497 e. The molecule has 0 amide bonds. The summed E-state index contributed by atoms with van der Waals surface area (Å²) in [5.41, 5.74) is 0.944. The second-order valence-electron chi connectivity index (χ2n) is 4.95. The van der Waals surface area contributed by atoms with E-state index in [2.05, 4.69) is 15.9 Å². The molecular formula is C18H19BrO5. The molecule has 2 aromatic rings. The van der Waals surface area contributed by atoms with Gasteiger partial charge in [-0.25, -0.2) is 0 Å². The summed E-state index contributed by atoms with van der Waals surface area (Å²) in [5, 5.41) is 0. The summed E-state index contributed by atoms with van der Waals surface area (Å²) >= 11 is 3.48. The summed E-state index contributed by atoms with van der Waals surface area (Å²) < 4.78 is 21.8. The van der Waals surface area contributed by atoms with Crippen molar-refractivity contribution in [2.75, 3.05) is 21.3 Å². The summed E-state index contributed by atoms with van der Waals surface area (Å²) in [6.07, 6.45) is 0.774. The number of aryl methyl sites for hydroxylation is 1. The summed E-state index contributed by atoms with van der Waals surface area (Å²) in [6.45, 7) is 0. The standard InChI is InChI=1S/C18H19BrO5/c1-21-13-5-7-14(8-6-13)24-18(20)9-4-12-10-16(22-2)17(23-3)11-15(12)19/h5-8,10-11H,4,9H2,1-3H3. The van der Waals surface area contributed by atoms with E-state index in [-0.39, 0.29) is 12.4 Å². The van der Waals surface area contributed by atoms with E-state index in [1.807, 2.05) is 12.1 Å². The first-order valence-electron chi connectivity index (χ1n) is 7.32. The fourth-order valence-electron chi connectivity index (χ4n) is 2.15. The Morgan fingerprint density at radius 3 is 2.08 bits per heavy atom. The highest BCUT2D eigenvalue weighted by Gasteiger charge is 2.12. The lowest BCUT2D eigenvalue weighted by Gasteiger charge is -2.12. The first kappa shape index (κ1) is 18.1. The molecule has 0 saturated heterocycles. The Hall–Kier alpha value is -2.21. The Bertz CT molecular complexity index is 697. The van der Waals surface area contributed by atoms with Crippen LogP contribution in [0.2, 0.25) is 0 Å². The number of methoxy groups -OCH3 is 3. The third-order valence-electron chi connectivity index (χ3n) is 3.44. The van der Waals surface area contributed by atoms with Crippen molar-refractivity contribution in [3.8, 4) is 23.0 Å². The Kier molecular flexibility index (Phi) is 6.49. The summed E-state index contributed by atoms with van der Waals surface area (Å²) in [7, 11) is 4.74. The Balaban J connectivity index is 1.98. The molecule has 0 saturated carbocycles. The average Bonchev–Trinajstić information content (AvgIpc) is 2.61. The predicted molar refractivity (Wildman–Crippen MR) is 94.2 cm³/mol. The van der Waals surface area contributed by atoms with Gasteiger partial charge in [-0.1, -0.05) is 15.9 Å². The molecule has 0 radical (unpaired) electrons. The predicted octanol–water partition coefficient (Wildman–Crippen LogP) is 4.01. The molecule has 0 aromatic heterocycles. The van der Waals surface area contributed by atoms with Gasteiger partial charge < -0.3 is 18.9 Å². The minimum atomic E-state index is -0.304. The highest BCUT2D eigenvalue weighted by Crippen LogP contribution is 2.33. The second-order valence-corrected chi connectivity index (χ2v) is 5.80. The van der Waals surface area contributed by atoms with Crippen LogP contribution in [0.25, 0.3) is 0 Å². The van der Waals surface area contributed by atoms with Gasteiger partial charge >= 0.3 is 5.97 Å². The number of rotatable bonds is 7. The van der Waals surface area contributed by atoms with Crippen LogP contribution in [0.5, 0.6) is 23.0 Å². The van der Waals surface area contributed by atoms with Crippen LogP contribution in [-0.4, -0.2) is 27.3 Å². The van der Waals surface area contributed by atoms with Gasteiger partial charge in [-0.05, 0) is 48.4 Å². The molecule has 24 heavy (non-hydrogen) atoms. The maximum Gasteiger partial charge on any atom is 0.311 e. The van der Waals surface area contributed by atoms with Gasteiger partial charge in [-0.3, -0.25) is 4.79 Å². The van der Waals surface area contributed by atoms with Crippen LogP contribution in [0.1, 0.15) is 12.0 Å². The van der Waals surface area contributed by atoms with Gasteiger partial charge in [-0.2, -0.15) is 0 Å². The molecule has 0 atom stereocenters. The first-order valence-corrected chi connectivity index (χ1v) is 8.11. The molecule has 2 rings (SSSR count). The van der Waals surface area contributed by atoms with Crippen molar-refractivity contribution < 1.29 is 23.7 Å². The first-order chi connectivity index (χ1) is 11.6. The van der Waals surface area contributed by atoms with Crippen molar-refractivity contribution in [1.29, 1.82) is 0 Å². The molecule has 0 bridgehead atoms. The Labute approximate surface area is 149 Å². The molecule has 2 aromatic carbocycles. The molecule has 6 heteroatoms. The Morgan fingerprint density at radius 2 is 1.50 bits per heavy atom. The van der Waals surface area contributed by atoms with Crippen molar-refractivity contribution in [3.05, 3.63) is 46.4 Å². The summed E-state index contributed by atoms with van der Waals surface area (Å²) in [4.78, 5) is 12.0. The van der Waals surface area contributed by atoms with Gasteiger partial charge in [-0.15, -0.1) is 0 Å². The van der Waals surface area contributed by atoms with E-state index in [4.69, 9.17) is 18.9 Å². The van der Waals surface area contributed by atoms with Gasteiger partial charge in [0.25, 0.3) is 0 Å². The van der Waals surface area contributed by atoms with E-state index in [0.29, 0.717) is 29.4 Å². The monoisotopic (exact) mass is 394 g/mol. The van der Waals surface area contributed by atoms with Crippen molar-refractivity contribution in [1.82, 2.24) is 0 Å². The number of hydrogen-bond donors (Lipinski definition) is 0. The maximum atomic E-state index is 12.0. The van der Waals surface area contributed by atoms with Gasteiger partial charge in [0.1, 0.15) is 11.5 Å². The summed E-state index contributed by atoms with van der Waals surface area (Å²) in [5.74, 6) is 2.16. The van der Waals surface area contributed by atoms with E-state index in [1.54, 1.807) is 45.6 Å². The van der Waals surface area contributed by atoms with Crippen LogP contribution in [0.3, 0.4) is 0 Å². The quantitative estimate of drug-likeness (QED) is 0.524. The molecule has 0 aliphatic heterocycles. The molecule has 128 valence electrons. The zero-order valence-corrected chi connectivity index (χ0v) is 15.4. The third kappa shape index (κ3) is 4.64. The number of hydrogen-bond acceptors (Lipinski definition) is 5. The largest absolute Gasteiger partial charge is 0.497 e. The normalized spacial score (nSPS) is 10.2. The van der Waals surface area contributed by atoms with Crippen LogP contribution in [0, 0.1) is 0 Å². The van der Waals surface area contributed by atoms with Crippen molar-refractivity contribution in [2.45, 2.75) is 12.8 Å². The molecular weight excluding hydrogens is 376 g/mol. The number of esters is 1. The molecule has 0 unspecified atom stereocenters. The highest BCUT2D eigenvalue weighted by molar-refractivity contribution is 9.10. The number of halogens is 1. The fourth-order valence-corrected chi connectivity index (χ4v) is 2.67. The smallest absolute Gasteiger partial charge is 0.311 e. The van der Waals surface area contributed by atoms with Gasteiger partial charge in [0.15, 0.2) is 11.5 Å². The van der Waals surface area contributed by atoms with E-state index in [1.165, 1.54) is 0 Å². The maximum absolute atomic E-state index is 12.0. The van der Waals surface area contributed by atoms with Crippen LogP contribution in [-0.2, 0) is 11.2 Å². The van der Waals surface area contributed by atoms with Crippen LogP contribution in [0.15, 0.2) is 40.9 Å². The lowest BCUT2D eigenvalue weighted by atomic mass is 10.1. The van der Waals surface area contributed by atoms with Gasteiger partial charge in [0, 0.05) is 4.47 Å². The summed E-state index contributed by atoms with van der Waals surface area (Å²) in [6, 6.07) is 10.6. The topological polar surface area (TPSA) is 54.0 Å². The molecule has 0 N–H and O–H groups in total. The minimum absolute atomic E-state index is 0.250. The van der Waals surface area contributed by atoms with Crippen molar-refractivity contribution >= 4 is 21.9 Å². The van der Waals surface area contributed by atoms with E-state index < -0.39 is 0 Å². The van der Waals surface area contributed by atoms with E-state index >= 15 is 0 Å². The number of carbonyl (C=O) groups is 1. The van der Waals surface area contributed by atoms with E-state index in [0.717, 1.165) is 10.0 Å². The zero-order chi connectivity index (χ0) is 17.5. The third-order valence-corrected chi connectivity index (χ3v) is 4.18. The molecule has 0 spiro atoms. The van der Waals surface area contributed by atoms with E-state index in [9.17, 15) is 4.79 Å². The molecule has 0 aliphatic carbocycles. The molecule has 0 fully saturated rings. The second kappa shape index (κ2) is 8.59. The van der Waals surface area contributed by atoms with Crippen molar-refractivity contribution in [3.63, 3.8) is 0 Å². The van der Waals surface area contributed by atoms with Gasteiger partial charge in [0.2, 0.25) is 0 Å². The number of carbonyl (C=O) groups excluding carboxylic acids is 1. The highest BCUT2D eigenvalue weighted by atomic mass is 79.9. The number of benzene rings is 2. The molecule has 0 aliphatic rings. The fraction of sp³-hybridized carbons (Fsp3) is 0.278. The van der Waals surface area contributed by atoms with Crippen molar-refractivity contribution in [2.24, 2.45) is 0 Å². The zero-order valence-electron chi connectivity index (χ0n) is 13.8. The lowest BCUT2D eigenvalue weighted by molar-refractivity contribution is -0.134. The average molecular weight is 395 g/mol. The van der Waals surface area contributed by atoms with Crippen LogP contribution in [0.4, 0.5) is 0 Å². The van der Waals surface area contributed by atoms with Crippen LogP contribution >= 0.6 is 15.9 Å². The Morgan fingerprint density at radius 1 is 0.917 bits per heavy atom.